The number of carboxylic acid groups (broad SMARTS) is 1. The molecule has 0 spiro atoms. The van der Waals surface area contributed by atoms with E-state index in [2.05, 4.69) is 5.32 Å². The van der Waals surface area contributed by atoms with Crippen molar-refractivity contribution in [2.24, 2.45) is 0 Å². The van der Waals surface area contributed by atoms with Gasteiger partial charge in [0, 0.05) is 13.0 Å². The molecule has 1 atom stereocenters. The molecular weight excluding hydrogens is 308 g/mol. The zero-order chi connectivity index (χ0) is 17.8. The lowest BCUT2D eigenvalue weighted by Crippen LogP contribution is -2.34. The van der Waals surface area contributed by atoms with E-state index in [-0.39, 0.29) is 0 Å². The second-order valence-electron chi connectivity index (χ2n) is 6.21. The maximum Gasteiger partial charge on any atom is 0.408 e. The lowest BCUT2D eigenvalue weighted by molar-refractivity contribution is -0.134. The largest absolute Gasteiger partial charge is 0.481 e. The Morgan fingerprint density at radius 1 is 1.30 bits per heavy atom. The zero-order valence-electron chi connectivity index (χ0n) is 13.6. The summed E-state index contributed by atoms with van der Waals surface area (Å²) in [7, 11) is 0. The fourth-order valence-corrected chi connectivity index (χ4v) is 2.24. The van der Waals surface area contributed by atoms with Gasteiger partial charge < -0.3 is 15.2 Å². The second kappa shape index (κ2) is 7.39. The second-order valence-corrected chi connectivity index (χ2v) is 6.21. The van der Waals surface area contributed by atoms with Crippen molar-refractivity contribution in [3.05, 3.63) is 34.9 Å². The quantitative estimate of drug-likeness (QED) is 0.826. The number of hydrogen-bond donors (Lipinski definition) is 2. The highest BCUT2D eigenvalue weighted by atomic mass is 19.1. The van der Waals surface area contributed by atoms with Gasteiger partial charge in [-0.05, 0) is 50.8 Å². The van der Waals surface area contributed by atoms with E-state index < -0.39 is 35.3 Å². The van der Waals surface area contributed by atoms with E-state index in [9.17, 15) is 13.6 Å². The van der Waals surface area contributed by atoms with Gasteiger partial charge in [-0.2, -0.15) is 0 Å². The van der Waals surface area contributed by atoms with E-state index in [0.29, 0.717) is 24.0 Å². The van der Waals surface area contributed by atoms with Crippen LogP contribution in [-0.2, 0) is 16.0 Å². The van der Waals surface area contributed by atoms with Gasteiger partial charge in [0.1, 0.15) is 17.2 Å². The van der Waals surface area contributed by atoms with Gasteiger partial charge in [0.15, 0.2) is 0 Å². The molecule has 0 saturated carbocycles. The average molecular weight is 329 g/mol. The molecule has 1 unspecified atom stereocenters. The number of fused-ring (bicyclic) bond motifs is 1. The van der Waals surface area contributed by atoms with Crippen LogP contribution in [0.25, 0.3) is 0 Å². The van der Waals surface area contributed by atoms with Crippen molar-refractivity contribution in [1.29, 1.82) is 0 Å². The van der Waals surface area contributed by atoms with E-state index in [1.807, 2.05) is 0 Å². The van der Waals surface area contributed by atoms with Crippen LogP contribution in [0.5, 0.6) is 0 Å². The summed E-state index contributed by atoms with van der Waals surface area (Å²) in [4.78, 5) is 20.7. The highest BCUT2D eigenvalue weighted by Gasteiger charge is 2.28. The molecule has 0 bridgehead atoms. The monoisotopic (exact) mass is 329 g/mol. The zero-order valence-corrected chi connectivity index (χ0v) is 13.6. The van der Waals surface area contributed by atoms with Crippen molar-refractivity contribution in [3.63, 3.8) is 0 Å². The third kappa shape index (κ3) is 6.22. The van der Waals surface area contributed by atoms with Crippen LogP contribution >= 0.6 is 0 Å². The van der Waals surface area contributed by atoms with Crippen LogP contribution in [0.2, 0.25) is 0 Å². The van der Waals surface area contributed by atoms with Crippen molar-refractivity contribution in [2.75, 3.05) is 0 Å². The SMILES string of the molecule is CC(=O)O.CC(C)(C)OC(=O)NC1CCc2c(F)cc(F)cc21. The summed E-state index contributed by atoms with van der Waals surface area (Å²) in [6.45, 7) is 6.36. The normalized spacial score (nSPS) is 16.0. The fourth-order valence-electron chi connectivity index (χ4n) is 2.24. The third-order valence-corrected chi connectivity index (χ3v) is 2.94. The highest BCUT2D eigenvalue weighted by molar-refractivity contribution is 5.68. The number of nitrogens with one attached hydrogen (secondary N) is 1. The minimum Gasteiger partial charge on any atom is -0.481 e. The molecule has 23 heavy (non-hydrogen) atoms. The van der Waals surface area contributed by atoms with E-state index in [0.717, 1.165) is 13.0 Å². The van der Waals surface area contributed by atoms with E-state index in [1.165, 1.54) is 6.07 Å². The number of benzene rings is 1. The Balaban J connectivity index is 0.000000593. The number of carbonyl (C=O) groups excluding carboxylic acids is 1. The van der Waals surface area contributed by atoms with Crippen molar-refractivity contribution in [1.82, 2.24) is 5.32 Å². The Hall–Kier alpha value is -2.18. The van der Waals surface area contributed by atoms with Crippen molar-refractivity contribution in [3.8, 4) is 0 Å². The number of amides is 1. The number of carbonyl (C=O) groups is 2. The molecule has 0 aromatic heterocycles. The minimum atomic E-state index is -0.833. The molecule has 1 aliphatic rings. The molecule has 0 radical (unpaired) electrons. The van der Waals surface area contributed by atoms with Gasteiger partial charge >= 0.3 is 6.09 Å². The molecular formula is C16H21F2NO4. The number of ether oxygens (including phenoxy) is 1. The Morgan fingerprint density at radius 3 is 2.39 bits per heavy atom. The summed E-state index contributed by atoms with van der Waals surface area (Å²) in [5, 5.41) is 10.1. The molecule has 5 nitrogen and oxygen atoms in total. The molecule has 0 aliphatic heterocycles. The predicted molar refractivity (Wildman–Crippen MR) is 80.1 cm³/mol. The summed E-state index contributed by atoms with van der Waals surface area (Å²) in [6, 6.07) is 1.75. The van der Waals surface area contributed by atoms with Crippen LogP contribution in [0.3, 0.4) is 0 Å². The van der Waals surface area contributed by atoms with Crippen LogP contribution in [0.4, 0.5) is 13.6 Å². The number of alkyl carbamates (subject to hydrolysis) is 1. The molecule has 128 valence electrons. The number of carboxylic acids is 1. The van der Waals surface area contributed by atoms with Gasteiger partial charge in [-0.15, -0.1) is 0 Å². The molecule has 1 amide bonds. The number of hydrogen-bond acceptors (Lipinski definition) is 3. The topological polar surface area (TPSA) is 75.6 Å². The minimum absolute atomic E-state index is 0.393. The molecule has 1 aromatic rings. The number of halogens is 2. The van der Waals surface area contributed by atoms with E-state index in [4.69, 9.17) is 14.6 Å². The number of aliphatic carboxylic acids is 1. The van der Waals surface area contributed by atoms with Gasteiger partial charge in [0.2, 0.25) is 0 Å². The standard InChI is InChI=1S/C14H17F2NO2.C2H4O2/c1-14(2,3)19-13(18)17-12-5-4-9-10(12)6-8(15)7-11(9)16;1-2(3)4/h6-7,12H,4-5H2,1-3H3,(H,17,18);1H3,(H,3,4). The third-order valence-electron chi connectivity index (χ3n) is 2.94. The maximum atomic E-state index is 13.5. The lowest BCUT2D eigenvalue weighted by atomic mass is 10.1. The van der Waals surface area contributed by atoms with Crippen molar-refractivity contribution < 1.29 is 28.2 Å². The maximum absolute atomic E-state index is 13.5. The van der Waals surface area contributed by atoms with Crippen molar-refractivity contribution in [2.45, 2.75) is 52.2 Å². The Kier molecular flexibility index (Phi) is 6.06. The van der Waals surface area contributed by atoms with Gasteiger partial charge in [0.25, 0.3) is 5.97 Å². The first-order chi connectivity index (χ1) is 10.5. The summed E-state index contributed by atoms with van der Waals surface area (Å²) >= 11 is 0. The lowest BCUT2D eigenvalue weighted by Gasteiger charge is -2.22. The first kappa shape index (κ1) is 18.9. The fraction of sp³-hybridized carbons (Fsp3) is 0.500. The molecule has 0 saturated heterocycles. The molecule has 0 heterocycles. The summed E-state index contributed by atoms with van der Waals surface area (Å²) < 4.78 is 31.9. The Labute approximate surface area is 133 Å². The summed E-state index contributed by atoms with van der Waals surface area (Å²) in [5.74, 6) is -2.02. The smallest absolute Gasteiger partial charge is 0.408 e. The van der Waals surface area contributed by atoms with Crippen molar-refractivity contribution >= 4 is 12.1 Å². The van der Waals surface area contributed by atoms with Gasteiger partial charge in [-0.1, -0.05) is 0 Å². The molecule has 0 fully saturated rings. The van der Waals surface area contributed by atoms with Gasteiger partial charge in [-0.3, -0.25) is 4.79 Å². The summed E-state index contributed by atoms with van der Waals surface area (Å²) in [5.41, 5.74) is 0.379. The van der Waals surface area contributed by atoms with Gasteiger partial charge in [0.05, 0.1) is 6.04 Å². The molecule has 2 N–H and O–H groups in total. The van der Waals surface area contributed by atoms with Crippen LogP contribution in [0, 0.1) is 11.6 Å². The first-order valence-corrected chi connectivity index (χ1v) is 7.16. The number of rotatable bonds is 1. The van der Waals surface area contributed by atoms with E-state index >= 15 is 0 Å². The average Bonchev–Trinajstić information content (AvgIpc) is 2.69. The Morgan fingerprint density at radius 2 is 1.87 bits per heavy atom. The van der Waals surface area contributed by atoms with Crippen LogP contribution in [0.15, 0.2) is 12.1 Å². The molecule has 7 heteroatoms. The molecule has 1 aromatic carbocycles. The van der Waals surface area contributed by atoms with Gasteiger partial charge in [-0.25, -0.2) is 13.6 Å². The van der Waals surface area contributed by atoms with Crippen LogP contribution in [-0.4, -0.2) is 22.8 Å². The molecule has 1 aliphatic carbocycles. The van der Waals surface area contributed by atoms with Crippen LogP contribution in [0.1, 0.15) is 51.3 Å². The summed E-state index contributed by atoms with van der Waals surface area (Å²) in [6.07, 6.45) is 0.464. The molecule has 2 rings (SSSR count). The predicted octanol–water partition coefficient (Wildman–Crippen LogP) is 3.57. The highest BCUT2D eigenvalue weighted by Crippen LogP contribution is 2.33. The van der Waals surface area contributed by atoms with Crippen LogP contribution < -0.4 is 5.32 Å². The Bertz CT molecular complexity index is 592. The first-order valence-electron chi connectivity index (χ1n) is 7.16. The van der Waals surface area contributed by atoms with E-state index in [1.54, 1.807) is 20.8 Å².